The quantitative estimate of drug-likeness (QED) is 0.563. The summed E-state index contributed by atoms with van der Waals surface area (Å²) < 4.78 is 10.5. The number of nitrogens with zero attached hydrogens (tertiary/aromatic N) is 3. The molecule has 4 aromatic rings. The van der Waals surface area contributed by atoms with E-state index in [9.17, 15) is 0 Å². The minimum absolute atomic E-state index is 0.690. The van der Waals surface area contributed by atoms with E-state index >= 15 is 0 Å². The van der Waals surface area contributed by atoms with Gasteiger partial charge in [0, 0.05) is 24.9 Å². The van der Waals surface area contributed by atoms with E-state index in [0.717, 1.165) is 39.4 Å². The Morgan fingerprint density at radius 2 is 1.74 bits per heavy atom. The number of hydrogen-bond donors (Lipinski definition) is 2. The lowest BCUT2D eigenvalue weighted by Crippen LogP contribution is -1.93. The van der Waals surface area contributed by atoms with Crippen molar-refractivity contribution in [3.8, 4) is 34.0 Å². The number of rotatable bonds is 5. The summed E-state index contributed by atoms with van der Waals surface area (Å²) in [7, 11) is 5.09. The lowest BCUT2D eigenvalue weighted by Gasteiger charge is -2.07. The van der Waals surface area contributed by atoms with Gasteiger partial charge in [-0.1, -0.05) is 0 Å². The average molecular weight is 361 g/mol. The number of ether oxygens (including phenoxy) is 2. The Morgan fingerprint density at radius 3 is 2.44 bits per heavy atom. The summed E-state index contributed by atoms with van der Waals surface area (Å²) >= 11 is 0. The van der Waals surface area contributed by atoms with Gasteiger partial charge in [-0.05, 0) is 24.3 Å². The molecule has 7 nitrogen and oxygen atoms in total. The minimum atomic E-state index is 0.690. The highest BCUT2D eigenvalue weighted by atomic mass is 16.5. The molecule has 0 amide bonds. The fraction of sp³-hybridized carbons (Fsp3) is 0.150. The van der Waals surface area contributed by atoms with E-state index < -0.39 is 0 Å². The molecule has 0 unspecified atom stereocenters. The van der Waals surface area contributed by atoms with Crippen LogP contribution in [0.5, 0.6) is 11.5 Å². The normalized spacial score (nSPS) is 10.8. The van der Waals surface area contributed by atoms with E-state index in [0.29, 0.717) is 11.5 Å². The van der Waals surface area contributed by atoms with Gasteiger partial charge in [0.25, 0.3) is 0 Å². The second kappa shape index (κ2) is 6.95. The third-order valence-electron chi connectivity index (χ3n) is 4.38. The number of fused-ring (bicyclic) bond motifs is 1. The van der Waals surface area contributed by atoms with Gasteiger partial charge in [-0.15, -0.1) is 0 Å². The molecule has 136 valence electrons. The van der Waals surface area contributed by atoms with Crippen LogP contribution in [0.2, 0.25) is 0 Å². The lowest BCUT2D eigenvalue weighted by molar-refractivity contribution is 0.413. The third kappa shape index (κ3) is 3.03. The van der Waals surface area contributed by atoms with E-state index in [1.165, 1.54) is 0 Å². The van der Waals surface area contributed by atoms with Crippen molar-refractivity contribution >= 4 is 16.9 Å². The second-order valence-electron chi connectivity index (χ2n) is 5.91. The third-order valence-corrected chi connectivity index (χ3v) is 4.38. The first-order chi connectivity index (χ1) is 13.2. The van der Waals surface area contributed by atoms with Crippen molar-refractivity contribution < 1.29 is 9.47 Å². The van der Waals surface area contributed by atoms with Gasteiger partial charge in [-0.2, -0.15) is 0 Å². The molecule has 0 saturated heterocycles. The van der Waals surface area contributed by atoms with E-state index in [2.05, 4.69) is 25.3 Å². The molecule has 0 saturated carbocycles. The van der Waals surface area contributed by atoms with E-state index in [-0.39, 0.29) is 0 Å². The number of aromatic amines is 1. The molecular formula is C20H19N5O2. The molecule has 0 aliphatic carbocycles. The number of methoxy groups -OCH3 is 2. The lowest BCUT2D eigenvalue weighted by atomic mass is 10.0. The molecule has 27 heavy (non-hydrogen) atoms. The molecule has 0 aliphatic rings. The van der Waals surface area contributed by atoms with Gasteiger partial charge < -0.3 is 19.8 Å². The van der Waals surface area contributed by atoms with Crippen LogP contribution in [-0.4, -0.2) is 41.2 Å². The minimum Gasteiger partial charge on any atom is -0.495 e. The van der Waals surface area contributed by atoms with Crippen molar-refractivity contribution in [1.29, 1.82) is 0 Å². The zero-order valence-electron chi connectivity index (χ0n) is 15.3. The topological polar surface area (TPSA) is 85.0 Å². The monoisotopic (exact) mass is 361 g/mol. The first-order valence-corrected chi connectivity index (χ1v) is 8.43. The standard InChI is InChI=1S/C20H19N5O2/c1-21-17-8-12(6-7-22-17)19-18(15-5-4-13(26-2)10-23-15)20-16(25-19)9-14(27-3)11-24-20/h4-11,25H,1-3H3,(H,21,22). The average Bonchev–Trinajstić information content (AvgIpc) is 3.12. The summed E-state index contributed by atoms with van der Waals surface area (Å²) in [4.78, 5) is 16.9. The van der Waals surface area contributed by atoms with Crippen molar-refractivity contribution in [2.45, 2.75) is 0 Å². The SMILES string of the molecule is CNc1cc(-c2[nH]c3cc(OC)cnc3c2-c2ccc(OC)cn2)ccn1. The summed E-state index contributed by atoms with van der Waals surface area (Å²) in [5.41, 5.74) is 5.33. The highest BCUT2D eigenvalue weighted by molar-refractivity contribution is 6.01. The number of pyridine rings is 3. The van der Waals surface area contributed by atoms with Gasteiger partial charge >= 0.3 is 0 Å². The van der Waals surface area contributed by atoms with Crippen LogP contribution in [-0.2, 0) is 0 Å². The zero-order chi connectivity index (χ0) is 18.8. The highest BCUT2D eigenvalue weighted by Crippen LogP contribution is 2.38. The summed E-state index contributed by atoms with van der Waals surface area (Å²) in [6.45, 7) is 0. The van der Waals surface area contributed by atoms with Gasteiger partial charge in [0.2, 0.25) is 0 Å². The maximum absolute atomic E-state index is 5.31. The Labute approximate surface area is 156 Å². The van der Waals surface area contributed by atoms with Crippen LogP contribution >= 0.6 is 0 Å². The Kier molecular flexibility index (Phi) is 4.33. The molecule has 0 fully saturated rings. The maximum Gasteiger partial charge on any atom is 0.139 e. The summed E-state index contributed by atoms with van der Waals surface area (Å²) in [5.74, 6) is 2.18. The Balaban J connectivity index is 1.97. The molecule has 0 radical (unpaired) electrons. The van der Waals surface area contributed by atoms with Crippen LogP contribution in [0.4, 0.5) is 5.82 Å². The first kappa shape index (κ1) is 16.8. The Morgan fingerprint density at radius 1 is 0.926 bits per heavy atom. The molecule has 0 bridgehead atoms. The highest BCUT2D eigenvalue weighted by Gasteiger charge is 2.18. The van der Waals surface area contributed by atoms with Gasteiger partial charge in [-0.3, -0.25) is 9.97 Å². The smallest absolute Gasteiger partial charge is 0.139 e. The van der Waals surface area contributed by atoms with E-state index in [4.69, 9.17) is 9.47 Å². The van der Waals surface area contributed by atoms with Crippen molar-refractivity contribution in [3.05, 3.63) is 48.9 Å². The first-order valence-electron chi connectivity index (χ1n) is 8.43. The van der Waals surface area contributed by atoms with Crippen LogP contribution in [0.25, 0.3) is 33.5 Å². The fourth-order valence-corrected chi connectivity index (χ4v) is 3.00. The van der Waals surface area contributed by atoms with Gasteiger partial charge in [0.15, 0.2) is 0 Å². The molecule has 0 spiro atoms. The van der Waals surface area contributed by atoms with Crippen molar-refractivity contribution in [1.82, 2.24) is 19.9 Å². The molecule has 7 heteroatoms. The van der Waals surface area contributed by atoms with Crippen molar-refractivity contribution in [3.63, 3.8) is 0 Å². The maximum atomic E-state index is 5.31. The molecule has 4 rings (SSSR count). The molecule has 0 atom stereocenters. The predicted octanol–water partition coefficient (Wildman–Crippen LogP) is 3.75. The molecule has 2 N–H and O–H groups in total. The molecule has 4 aromatic heterocycles. The number of H-pyrrole nitrogens is 1. The summed E-state index contributed by atoms with van der Waals surface area (Å²) in [6, 6.07) is 9.68. The number of anilines is 1. The fourth-order valence-electron chi connectivity index (χ4n) is 3.00. The Bertz CT molecular complexity index is 1090. The van der Waals surface area contributed by atoms with Crippen LogP contribution in [0.15, 0.2) is 48.9 Å². The van der Waals surface area contributed by atoms with E-state index in [1.54, 1.807) is 32.8 Å². The van der Waals surface area contributed by atoms with Gasteiger partial charge in [-0.25, -0.2) is 4.98 Å². The van der Waals surface area contributed by atoms with Crippen LogP contribution < -0.4 is 14.8 Å². The van der Waals surface area contributed by atoms with E-state index in [1.807, 2.05) is 37.4 Å². The van der Waals surface area contributed by atoms with Gasteiger partial charge in [0.1, 0.15) is 17.3 Å². The Hall–Kier alpha value is -3.61. The summed E-state index contributed by atoms with van der Waals surface area (Å²) in [5, 5.41) is 3.07. The molecular weight excluding hydrogens is 342 g/mol. The molecule has 0 aliphatic heterocycles. The number of aromatic nitrogens is 4. The van der Waals surface area contributed by atoms with Gasteiger partial charge in [0.05, 0.1) is 54.6 Å². The summed E-state index contributed by atoms with van der Waals surface area (Å²) in [6.07, 6.45) is 5.18. The zero-order valence-corrected chi connectivity index (χ0v) is 15.3. The molecule has 0 aromatic carbocycles. The number of nitrogens with one attached hydrogen (secondary N) is 2. The second-order valence-corrected chi connectivity index (χ2v) is 5.91. The predicted molar refractivity (Wildman–Crippen MR) is 105 cm³/mol. The van der Waals surface area contributed by atoms with Crippen molar-refractivity contribution in [2.75, 3.05) is 26.6 Å². The van der Waals surface area contributed by atoms with Crippen molar-refractivity contribution in [2.24, 2.45) is 0 Å². The number of hydrogen-bond acceptors (Lipinski definition) is 6. The molecule has 4 heterocycles. The van der Waals surface area contributed by atoms with Crippen LogP contribution in [0.3, 0.4) is 0 Å². The van der Waals surface area contributed by atoms with Crippen LogP contribution in [0.1, 0.15) is 0 Å². The van der Waals surface area contributed by atoms with Crippen LogP contribution in [0, 0.1) is 0 Å². The largest absolute Gasteiger partial charge is 0.495 e.